The molecule has 0 radical (unpaired) electrons. The van der Waals surface area contributed by atoms with Crippen molar-refractivity contribution in [3.63, 3.8) is 0 Å². The summed E-state index contributed by atoms with van der Waals surface area (Å²) in [5.74, 6) is 0. The van der Waals surface area contributed by atoms with E-state index in [1.54, 1.807) is 4.90 Å². The molecule has 2 saturated heterocycles. The number of nitrogens with zero attached hydrogens (tertiary/aromatic N) is 1. The second kappa shape index (κ2) is 3.18. The van der Waals surface area contributed by atoms with Crippen molar-refractivity contribution in [2.45, 2.75) is 36.8 Å². The van der Waals surface area contributed by atoms with Crippen molar-refractivity contribution in [3.05, 3.63) is 0 Å². The van der Waals surface area contributed by atoms with Crippen molar-refractivity contribution in [2.24, 2.45) is 0 Å². The van der Waals surface area contributed by atoms with E-state index in [-0.39, 0.29) is 6.61 Å². The lowest BCUT2D eigenvalue weighted by Gasteiger charge is -2.22. The molecule has 0 unspecified atom stereocenters. The molecule has 0 aromatic carbocycles. The number of hydrogen-bond donors (Lipinski definition) is 4. The highest BCUT2D eigenvalue weighted by Crippen LogP contribution is 2.33. The van der Waals surface area contributed by atoms with E-state index >= 15 is 0 Å². The van der Waals surface area contributed by atoms with Crippen molar-refractivity contribution >= 4 is 0 Å². The Morgan fingerprint density at radius 2 is 1.85 bits per heavy atom. The normalized spacial score (nSPS) is 51.2. The van der Waals surface area contributed by atoms with E-state index in [0.717, 1.165) is 0 Å². The summed E-state index contributed by atoms with van der Waals surface area (Å²) in [6.07, 6.45) is -1.86. The first-order valence-electron chi connectivity index (χ1n) is 4.57. The van der Waals surface area contributed by atoms with Gasteiger partial charge in [-0.2, -0.15) is 0 Å². The summed E-state index contributed by atoms with van der Waals surface area (Å²) in [7, 11) is 0. The second-order valence-electron chi connectivity index (χ2n) is 3.82. The van der Waals surface area contributed by atoms with Crippen molar-refractivity contribution < 1.29 is 20.4 Å². The van der Waals surface area contributed by atoms with Gasteiger partial charge in [-0.3, -0.25) is 4.90 Å². The molecule has 0 amide bonds. The van der Waals surface area contributed by atoms with Crippen LogP contribution in [0.1, 0.15) is 6.42 Å². The van der Waals surface area contributed by atoms with Crippen LogP contribution in [-0.2, 0) is 0 Å². The van der Waals surface area contributed by atoms with Gasteiger partial charge in [-0.15, -0.1) is 0 Å². The molecule has 2 fully saturated rings. The zero-order valence-corrected chi connectivity index (χ0v) is 7.24. The first-order chi connectivity index (χ1) is 6.16. The molecule has 4 N–H and O–H groups in total. The Labute approximate surface area is 76.2 Å². The lowest BCUT2D eigenvalue weighted by Crippen LogP contribution is -2.39. The van der Waals surface area contributed by atoms with Gasteiger partial charge < -0.3 is 20.4 Å². The summed E-state index contributed by atoms with van der Waals surface area (Å²) in [6, 6.07) is -0.815. The van der Waals surface area contributed by atoms with Gasteiger partial charge in [-0.1, -0.05) is 0 Å². The third kappa shape index (κ3) is 1.19. The SMILES string of the molecule is OC[C@@H]1[C@@H](O)[C@H](O)[C@@H]2[C@H](O)CCN21. The van der Waals surface area contributed by atoms with Crippen LogP contribution in [0.3, 0.4) is 0 Å². The average Bonchev–Trinajstić information content (AvgIpc) is 2.57. The van der Waals surface area contributed by atoms with Crippen molar-refractivity contribution in [3.8, 4) is 0 Å². The van der Waals surface area contributed by atoms with Gasteiger partial charge in [0.25, 0.3) is 0 Å². The van der Waals surface area contributed by atoms with Crippen LogP contribution < -0.4 is 0 Å². The van der Waals surface area contributed by atoms with Crippen molar-refractivity contribution in [2.75, 3.05) is 13.2 Å². The van der Waals surface area contributed by atoms with E-state index < -0.39 is 30.4 Å². The van der Waals surface area contributed by atoms with Crippen LogP contribution in [-0.4, -0.2) is 68.9 Å². The molecule has 2 aliphatic heterocycles. The van der Waals surface area contributed by atoms with Crippen LogP contribution in [0.15, 0.2) is 0 Å². The molecule has 5 nitrogen and oxygen atoms in total. The van der Waals surface area contributed by atoms with E-state index in [9.17, 15) is 15.3 Å². The molecule has 0 saturated carbocycles. The number of hydrogen-bond acceptors (Lipinski definition) is 5. The van der Waals surface area contributed by atoms with Crippen LogP contribution in [0, 0.1) is 0 Å². The summed E-state index contributed by atoms with van der Waals surface area (Å²) in [5, 5.41) is 37.6. The van der Waals surface area contributed by atoms with Gasteiger partial charge >= 0.3 is 0 Å². The highest BCUT2D eigenvalue weighted by molar-refractivity contribution is 5.06. The summed E-state index contributed by atoms with van der Waals surface area (Å²) >= 11 is 0. The van der Waals surface area contributed by atoms with Crippen LogP contribution in [0.4, 0.5) is 0 Å². The first-order valence-corrected chi connectivity index (χ1v) is 4.57. The van der Waals surface area contributed by atoms with Crippen molar-refractivity contribution in [1.29, 1.82) is 0 Å². The Hall–Kier alpha value is -0.200. The van der Waals surface area contributed by atoms with Crippen LogP contribution in [0.5, 0.6) is 0 Å². The molecule has 0 aromatic rings. The molecule has 2 rings (SSSR count). The quantitative estimate of drug-likeness (QED) is 0.367. The lowest BCUT2D eigenvalue weighted by molar-refractivity contribution is -0.000895. The fraction of sp³-hybridized carbons (Fsp3) is 1.00. The molecule has 5 heteroatoms. The van der Waals surface area contributed by atoms with Gasteiger partial charge in [0, 0.05) is 6.54 Å². The molecule has 76 valence electrons. The maximum absolute atomic E-state index is 9.58. The molecule has 0 bridgehead atoms. The predicted octanol–water partition coefficient (Wildman–Crippen LogP) is -2.48. The lowest BCUT2D eigenvalue weighted by atomic mass is 10.0. The molecule has 0 aromatic heterocycles. The van der Waals surface area contributed by atoms with Gasteiger partial charge in [0.1, 0.15) is 0 Å². The van der Waals surface area contributed by atoms with Gasteiger partial charge in [0.05, 0.1) is 37.0 Å². The average molecular weight is 189 g/mol. The van der Waals surface area contributed by atoms with Gasteiger partial charge in [0.15, 0.2) is 0 Å². The fourth-order valence-electron chi connectivity index (χ4n) is 2.47. The Bertz CT molecular complexity index is 201. The standard InChI is InChI=1S/C8H15NO4/c10-3-4-7(12)8(13)6-5(11)1-2-9(4)6/h4-8,10-13H,1-3H2/t4-,5-,6+,7-,8-/m1/s1. The molecule has 2 heterocycles. The molecule has 5 atom stereocenters. The van der Waals surface area contributed by atoms with Gasteiger partial charge in [0.2, 0.25) is 0 Å². The Kier molecular flexibility index (Phi) is 2.29. The smallest absolute Gasteiger partial charge is 0.0995 e. The summed E-state index contributed by atoms with van der Waals surface area (Å²) in [4.78, 5) is 1.79. The van der Waals surface area contributed by atoms with Crippen LogP contribution >= 0.6 is 0 Å². The maximum Gasteiger partial charge on any atom is 0.0995 e. The summed E-state index contributed by atoms with van der Waals surface area (Å²) < 4.78 is 0. The van der Waals surface area contributed by atoms with E-state index in [4.69, 9.17) is 5.11 Å². The molecule has 0 aliphatic carbocycles. The zero-order chi connectivity index (χ0) is 9.59. The Morgan fingerprint density at radius 3 is 2.46 bits per heavy atom. The highest BCUT2D eigenvalue weighted by Gasteiger charge is 2.52. The van der Waals surface area contributed by atoms with E-state index in [1.807, 2.05) is 0 Å². The van der Waals surface area contributed by atoms with Gasteiger partial charge in [-0.05, 0) is 6.42 Å². The number of fused-ring (bicyclic) bond motifs is 1. The molecule has 2 aliphatic rings. The van der Waals surface area contributed by atoms with Crippen LogP contribution in [0.2, 0.25) is 0 Å². The zero-order valence-electron chi connectivity index (χ0n) is 7.24. The number of aliphatic hydroxyl groups excluding tert-OH is 4. The third-order valence-electron chi connectivity index (χ3n) is 3.17. The topological polar surface area (TPSA) is 84.2 Å². The van der Waals surface area contributed by atoms with Gasteiger partial charge in [-0.25, -0.2) is 0 Å². The maximum atomic E-state index is 9.58. The van der Waals surface area contributed by atoms with Crippen LogP contribution in [0.25, 0.3) is 0 Å². The van der Waals surface area contributed by atoms with E-state index in [2.05, 4.69) is 0 Å². The number of rotatable bonds is 1. The minimum absolute atomic E-state index is 0.179. The fourth-order valence-corrected chi connectivity index (χ4v) is 2.47. The monoisotopic (exact) mass is 189 g/mol. The summed E-state index contributed by atoms with van der Waals surface area (Å²) in [5.41, 5.74) is 0. The highest BCUT2D eigenvalue weighted by atomic mass is 16.3. The van der Waals surface area contributed by atoms with Crippen molar-refractivity contribution in [1.82, 2.24) is 4.90 Å². The minimum Gasteiger partial charge on any atom is -0.395 e. The molecular weight excluding hydrogens is 174 g/mol. The first kappa shape index (κ1) is 9.36. The molecular formula is C8H15NO4. The Balaban J connectivity index is 2.19. The molecule has 0 spiro atoms. The second-order valence-corrected chi connectivity index (χ2v) is 3.82. The van der Waals surface area contributed by atoms with E-state index in [1.165, 1.54) is 0 Å². The largest absolute Gasteiger partial charge is 0.395 e. The summed E-state index contributed by atoms with van der Waals surface area (Å²) in [6.45, 7) is 0.451. The number of aliphatic hydroxyl groups is 4. The minimum atomic E-state index is -0.940. The predicted molar refractivity (Wildman–Crippen MR) is 44.0 cm³/mol. The Morgan fingerprint density at radius 1 is 1.15 bits per heavy atom. The molecule has 13 heavy (non-hydrogen) atoms. The van der Waals surface area contributed by atoms with E-state index in [0.29, 0.717) is 13.0 Å². The third-order valence-corrected chi connectivity index (χ3v) is 3.17.